The molecule has 1 aliphatic rings. The fourth-order valence-electron chi connectivity index (χ4n) is 2.57. The zero-order chi connectivity index (χ0) is 17.1. The summed E-state index contributed by atoms with van der Waals surface area (Å²) in [6.07, 6.45) is -0.0558. The lowest BCUT2D eigenvalue weighted by Gasteiger charge is -2.12. The van der Waals surface area contributed by atoms with Crippen molar-refractivity contribution in [1.29, 1.82) is 0 Å². The summed E-state index contributed by atoms with van der Waals surface area (Å²) in [5.41, 5.74) is 2.67. The molecule has 0 saturated heterocycles. The van der Waals surface area contributed by atoms with E-state index in [0.717, 1.165) is 27.0 Å². The van der Waals surface area contributed by atoms with Crippen LogP contribution in [-0.4, -0.2) is 24.5 Å². The molecule has 0 unspecified atom stereocenters. The highest BCUT2D eigenvalue weighted by Gasteiger charge is 2.28. The Morgan fingerprint density at radius 1 is 1.25 bits per heavy atom. The van der Waals surface area contributed by atoms with E-state index in [1.807, 2.05) is 49.4 Å². The summed E-state index contributed by atoms with van der Waals surface area (Å²) < 4.78 is 6.55. The number of hydrogen-bond donors (Lipinski definition) is 2. The SMILES string of the molecule is Cc1cc(Br)ccc1NC(=O)CNC(=O)[C@@H]1Cc2ccccc2O1. The molecule has 1 aliphatic heterocycles. The Hall–Kier alpha value is -2.34. The number of carbonyl (C=O) groups is 2. The number of hydrogen-bond acceptors (Lipinski definition) is 3. The molecule has 0 saturated carbocycles. The first kappa shape index (κ1) is 16.5. The molecule has 2 aromatic carbocycles. The molecule has 0 fully saturated rings. The van der Waals surface area contributed by atoms with E-state index < -0.39 is 6.10 Å². The third-order valence-electron chi connectivity index (χ3n) is 3.83. The van der Waals surface area contributed by atoms with Gasteiger partial charge in [-0.3, -0.25) is 9.59 Å². The van der Waals surface area contributed by atoms with Gasteiger partial charge in [-0.05, 0) is 42.3 Å². The van der Waals surface area contributed by atoms with Crippen LogP contribution in [0.25, 0.3) is 0 Å². The highest BCUT2D eigenvalue weighted by Crippen LogP contribution is 2.28. The predicted molar refractivity (Wildman–Crippen MR) is 95.1 cm³/mol. The van der Waals surface area contributed by atoms with Gasteiger partial charge in [-0.15, -0.1) is 0 Å². The molecule has 1 atom stereocenters. The van der Waals surface area contributed by atoms with Crippen LogP contribution in [0.5, 0.6) is 5.75 Å². The molecule has 3 rings (SSSR count). The number of aryl methyl sites for hydroxylation is 1. The number of benzene rings is 2. The van der Waals surface area contributed by atoms with E-state index in [0.29, 0.717) is 6.42 Å². The molecule has 124 valence electrons. The average Bonchev–Trinajstić information content (AvgIpc) is 2.99. The number of para-hydroxylation sites is 1. The lowest BCUT2D eigenvalue weighted by atomic mass is 10.1. The van der Waals surface area contributed by atoms with Crippen LogP contribution in [0.1, 0.15) is 11.1 Å². The van der Waals surface area contributed by atoms with E-state index in [2.05, 4.69) is 26.6 Å². The van der Waals surface area contributed by atoms with Crippen LogP contribution >= 0.6 is 15.9 Å². The molecule has 2 aromatic rings. The zero-order valence-corrected chi connectivity index (χ0v) is 14.7. The van der Waals surface area contributed by atoms with E-state index in [-0.39, 0.29) is 18.4 Å². The van der Waals surface area contributed by atoms with Gasteiger partial charge in [0.15, 0.2) is 6.10 Å². The minimum Gasteiger partial charge on any atom is -0.480 e. The third kappa shape index (κ3) is 3.76. The Labute approximate surface area is 148 Å². The second-order valence-electron chi connectivity index (χ2n) is 5.64. The van der Waals surface area contributed by atoms with Crippen LogP contribution in [0.4, 0.5) is 5.69 Å². The van der Waals surface area contributed by atoms with Gasteiger partial charge >= 0.3 is 0 Å². The molecule has 0 radical (unpaired) electrons. The van der Waals surface area contributed by atoms with E-state index in [1.165, 1.54) is 0 Å². The Morgan fingerprint density at radius 3 is 2.79 bits per heavy atom. The fraction of sp³-hybridized carbons (Fsp3) is 0.222. The third-order valence-corrected chi connectivity index (χ3v) is 4.32. The molecule has 0 aliphatic carbocycles. The first-order valence-electron chi connectivity index (χ1n) is 7.61. The minimum absolute atomic E-state index is 0.0927. The smallest absolute Gasteiger partial charge is 0.261 e. The number of carbonyl (C=O) groups excluding carboxylic acids is 2. The van der Waals surface area contributed by atoms with Gasteiger partial charge in [0.05, 0.1) is 6.54 Å². The maximum atomic E-state index is 12.2. The summed E-state index contributed by atoms with van der Waals surface area (Å²) >= 11 is 3.38. The van der Waals surface area contributed by atoms with Gasteiger partial charge in [0.2, 0.25) is 5.91 Å². The molecule has 2 amide bonds. The quantitative estimate of drug-likeness (QED) is 0.845. The first-order chi connectivity index (χ1) is 11.5. The van der Waals surface area contributed by atoms with E-state index in [4.69, 9.17) is 4.74 Å². The second-order valence-corrected chi connectivity index (χ2v) is 6.56. The molecule has 0 spiro atoms. The number of rotatable bonds is 4. The van der Waals surface area contributed by atoms with E-state index >= 15 is 0 Å². The highest BCUT2D eigenvalue weighted by molar-refractivity contribution is 9.10. The van der Waals surface area contributed by atoms with Crippen molar-refractivity contribution in [2.75, 3.05) is 11.9 Å². The number of amides is 2. The van der Waals surface area contributed by atoms with Gasteiger partial charge in [-0.1, -0.05) is 34.1 Å². The predicted octanol–water partition coefficient (Wildman–Crippen LogP) is 2.82. The van der Waals surface area contributed by atoms with Gasteiger partial charge in [0, 0.05) is 16.6 Å². The van der Waals surface area contributed by atoms with Crippen molar-refractivity contribution in [1.82, 2.24) is 5.32 Å². The number of nitrogens with one attached hydrogen (secondary N) is 2. The van der Waals surface area contributed by atoms with Gasteiger partial charge in [-0.25, -0.2) is 0 Å². The monoisotopic (exact) mass is 388 g/mol. The van der Waals surface area contributed by atoms with Crippen LogP contribution in [-0.2, 0) is 16.0 Å². The number of anilines is 1. The molecule has 0 aromatic heterocycles. The Balaban J connectivity index is 1.51. The summed E-state index contributed by atoms with van der Waals surface area (Å²) in [6, 6.07) is 13.1. The number of halogens is 1. The van der Waals surface area contributed by atoms with Gasteiger partial charge in [0.25, 0.3) is 5.91 Å². The summed E-state index contributed by atoms with van der Waals surface area (Å²) in [5.74, 6) is 0.172. The Morgan fingerprint density at radius 2 is 2.04 bits per heavy atom. The fourth-order valence-corrected chi connectivity index (χ4v) is 3.05. The molecule has 5 nitrogen and oxygen atoms in total. The van der Waals surface area contributed by atoms with Crippen molar-refractivity contribution in [2.45, 2.75) is 19.4 Å². The topological polar surface area (TPSA) is 67.4 Å². The average molecular weight is 389 g/mol. The maximum absolute atomic E-state index is 12.2. The largest absolute Gasteiger partial charge is 0.480 e. The standard InChI is InChI=1S/C18H17BrN2O3/c1-11-8-13(19)6-7-14(11)21-17(22)10-20-18(23)16-9-12-4-2-3-5-15(12)24-16/h2-8,16H,9-10H2,1H3,(H,20,23)(H,21,22)/t16-/m0/s1. The van der Waals surface area contributed by atoms with Crippen molar-refractivity contribution in [3.63, 3.8) is 0 Å². The summed E-state index contributed by atoms with van der Waals surface area (Å²) in [7, 11) is 0. The second kappa shape index (κ2) is 7.05. The lowest BCUT2D eigenvalue weighted by molar-refractivity contribution is -0.129. The van der Waals surface area contributed by atoms with Crippen molar-refractivity contribution >= 4 is 33.4 Å². The summed E-state index contributed by atoms with van der Waals surface area (Å²) in [4.78, 5) is 24.2. The van der Waals surface area contributed by atoms with E-state index in [9.17, 15) is 9.59 Å². The van der Waals surface area contributed by atoms with Crippen LogP contribution in [0.3, 0.4) is 0 Å². The van der Waals surface area contributed by atoms with Gasteiger partial charge in [-0.2, -0.15) is 0 Å². The van der Waals surface area contributed by atoms with Crippen molar-refractivity contribution in [3.8, 4) is 5.75 Å². The number of fused-ring (bicyclic) bond motifs is 1. The van der Waals surface area contributed by atoms with Crippen molar-refractivity contribution < 1.29 is 14.3 Å². The number of ether oxygens (including phenoxy) is 1. The zero-order valence-electron chi connectivity index (χ0n) is 13.1. The van der Waals surface area contributed by atoms with Crippen LogP contribution in [0, 0.1) is 6.92 Å². The Kier molecular flexibility index (Phi) is 4.85. The molecular weight excluding hydrogens is 372 g/mol. The van der Waals surface area contributed by atoms with Crippen LogP contribution < -0.4 is 15.4 Å². The highest BCUT2D eigenvalue weighted by atomic mass is 79.9. The van der Waals surface area contributed by atoms with Crippen LogP contribution in [0.15, 0.2) is 46.9 Å². The molecule has 0 bridgehead atoms. The maximum Gasteiger partial charge on any atom is 0.261 e. The van der Waals surface area contributed by atoms with Gasteiger partial charge in [0.1, 0.15) is 5.75 Å². The first-order valence-corrected chi connectivity index (χ1v) is 8.40. The van der Waals surface area contributed by atoms with Gasteiger partial charge < -0.3 is 15.4 Å². The normalized spacial score (nSPS) is 15.3. The summed E-state index contributed by atoms with van der Waals surface area (Å²) in [5, 5.41) is 5.41. The molecule has 1 heterocycles. The molecule has 2 N–H and O–H groups in total. The molecule has 24 heavy (non-hydrogen) atoms. The minimum atomic E-state index is -0.579. The molecular formula is C18H17BrN2O3. The van der Waals surface area contributed by atoms with Crippen molar-refractivity contribution in [2.24, 2.45) is 0 Å². The lowest BCUT2D eigenvalue weighted by Crippen LogP contribution is -2.41. The Bertz CT molecular complexity index is 767. The van der Waals surface area contributed by atoms with Crippen LogP contribution in [0.2, 0.25) is 0 Å². The van der Waals surface area contributed by atoms with Crippen molar-refractivity contribution in [3.05, 3.63) is 58.1 Å². The van der Waals surface area contributed by atoms with E-state index in [1.54, 1.807) is 0 Å². The summed E-state index contributed by atoms with van der Waals surface area (Å²) in [6.45, 7) is 1.81. The molecule has 6 heteroatoms.